The van der Waals surface area contributed by atoms with Crippen molar-refractivity contribution in [1.29, 1.82) is 0 Å². The minimum atomic E-state index is -0.408. The number of ketones is 1. The van der Waals surface area contributed by atoms with Gasteiger partial charge in [0.1, 0.15) is 12.4 Å². The maximum absolute atomic E-state index is 12.0. The Morgan fingerprint density at radius 2 is 1.95 bits per heavy atom. The van der Waals surface area contributed by atoms with Crippen molar-refractivity contribution in [2.45, 2.75) is 19.3 Å². The van der Waals surface area contributed by atoms with Gasteiger partial charge in [-0.15, -0.1) is 0 Å². The summed E-state index contributed by atoms with van der Waals surface area (Å²) < 4.78 is 10.0. The molecular weight excluding hydrogens is 246 g/mol. The number of primary amides is 1. The van der Waals surface area contributed by atoms with E-state index < -0.39 is 5.91 Å². The number of allylic oxidation sites excluding steroid dienone is 4. The minimum absolute atomic E-state index is 0.0909. The van der Waals surface area contributed by atoms with Gasteiger partial charge in [-0.1, -0.05) is 18.7 Å². The summed E-state index contributed by atoms with van der Waals surface area (Å²) in [7, 11) is 3.05. The van der Waals surface area contributed by atoms with Crippen molar-refractivity contribution in [3.05, 3.63) is 36.1 Å². The number of ether oxygens (including phenoxy) is 2. The molecule has 0 saturated carbocycles. The molecule has 0 heterocycles. The fraction of sp³-hybridized carbons (Fsp3) is 0.429. The zero-order chi connectivity index (χ0) is 14.7. The summed E-state index contributed by atoms with van der Waals surface area (Å²) in [5.41, 5.74) is 5.49. The van der Waals surface area contributed by atoms with Gasteiger partial charge in [0, 0.05) is 25.5 Å². The van der Waals surface area contributed by atoms with Gasteiger partial charge in [-0.3, -0.25) is 9.59 Å². The normalized spacial score (nSPS) is 12.1. The lowest BCUT2D eigenvalue weighted by atomic mass is 10.0. The van der Waals surface area contributed by atoms with Crippen LogP contribution in [-0.4, -0.2) is 32.5 Å². The van der Waals surface area contributed by atoms with Gasteiger partial charge in [-0.2, -0.15) is 0 Å². The van der Waals surface area contributed by atoms with Crippen molar-refractivity contribution in [2.24, 2.45) is 5.73 Å². The van der Waals surface area contributed by atoms with Crippen LogP contribution >= 0.6 is 0 Å². The molecular formula is C14H21NO4. The first-order valence-corrected chi connectivity index (χ1v) is 5.92. The summed E-state index contributed by atoms with van der Waals surface area (Å²) in [6.45, 7) is 3.84. The second-order valence-electron chi connectivity index (χ2n) is 3.85. The zero-order valence-electron chi connectivity index (χ0n) is 11.5. The lowest BCUT2D eigenvalue weighted by Gasteiger charge is -2.06. The molecule has 0 aromatic heterocycles. The number of nitrogens with two attached hydrogens (primary N) is 1. The Morgan fingerprint density at radius 1 is 1.26 bits per heavy atom. The van der Waals surface area contributed by atoms with E-state index in [2.05, 4.69) is 6.58 Å². The van der Waals surface area contributed by atoms with E-state index in [0.29, 0.717) is 17.8 Å². The molecule has 0 rings (SSSR count). The topological polar surface area (TPSA) is 78.6 Å². The smallest absolute Gasteiger partial charge is 0.217 e. The monoisotopic (exact) mass is 267 g/mol. The number of methoxy groups -OCH3 is 2. The van der Waals surface area contributed by atoms with Gasteiger partial charge >= 0.3 is 0 Å². The largest absolute Gasteiger partial charge is 0.499 e. The molecule has 0 aromatic rings. The highest BCUT2D eigenvalue weighted by atomic mass is 16.5. The molecule has 1 amide bonds. The number of amides is 1. The number of carbonyl (C=O) groups excluding carboxylic acids is 2. The van der Waals surface area contributed by atoms with Crippen LogP contribution in [0.5, 0.6) is 0 Å². The molecule has 0 aliphatic heterocycles. The van der Waals surface area contributed by atoms with Gasteiger partial charge in [0.2, 0.25) is 5.91 Å². The number of carbonyl (C=O) groups is 2. The van der Waals surface area contributed by atoms with Crippen LogP contribution in [0.25, 0.3) is 0 Å². The molecule has 106 valence electrons. The molecule has 0 fully saturated rings. The lowest BCUT2D eigenvalue weighted by molar-refractivity contribution is -0.118. The van der Waals surface area contributed by atoms with Gasteiger partial charge in [-0.25, -0.2) is 0 Å². The molecule has 0 bridgehead atoms. The second kappa shape index (κ2) is 10.1. The van der Waals surface area contributed by atoms with Crippen molar-refractivity contribution in [2.75, 3.05) is 20.8 Å². The molecule has 2 N–H and O–H groups in total. The first-order valence-electron chi connectivity index (χ1n) is 5.92. The Bertz CT molecular complexity index is 383. The maximum atomic E-state index is 12.0. The highest BCUT2D eigenvalue weighted by Gasteiger charge is 2.09. The van der Waals surface area contributed by atoms with Gasteiger partial charge in [0.05, 0.1) is 7.11 Å². The van der Waals surface area contributed by atoms with E-state index in [9.17, 15) is 9.59 Å². The van der Waals surface area contributed by atoms with E-state index in [4.69, 9.17) is 15.2 Å². The summed E-state index contributed by atoms with van der Waals surface area (Å²) in [5, 5.41) is 0. The van der Waals surface area contributed by atoms with Gasteiger partial charge in [-0.05, 0) is 12.5 Å². The highest BCUT2D eigenvalue weighted by molar-refractivity contribution is 5.98. The van der Waals surface area contributed by atoms with E-state index >= 15 is 0 Å². The Morgan fingerprint density at radius 3 is 2.42 bits per heavy atom. The minimum Gasteiger partial charge on any atom is -0.499 e. The van der Waals surface area contributed by atoms with Gasteiger partial charge in [0.15, 0.2) is 5.78 Å². The first-order chi connectivity index (χ1) is 9.04. The predicted molar refractivity (Wildman–Crippen MR) is 73.3 cm³/mol. The molecule has 0 saturated heterocycles. The summed E-state index contributed by atoms with van der Waals surface area (Å²) in [4.78, 5) is 22.6. The van der Waals surface area contributed by atoms with Crippen LogP contribution in [0.2, 0.25) is 0 Å². The molecule has 5 nitrogen and oxygen atoms in total. The molecule has 19 heavy (non-hydrogen) atoms. The SMILES string of the molecule is C=C/C=C(\C=C(/COC)OC)C(=O)CCCC(N)=O. The van der Waals surface area contributed by atoms with Crippen molar-refractivity contribution in [1.82, 2.24) is 0 Å². The number of hydrogen-bond acceptors (Lipinski definition) is 4. The Kier molecular flexibility index (Phi) is 9.08. The van der Waals surface area contributed by atoms with Gasteiger partial charge < -0.3 is 15.2 Å². The predicted octanol–water partition coefficient (Wildman–Crippen LogP) is 1.50. The molecule has 0 aliphatic carbocycles. The molecule has 0 aromatic carbocycles. The average molecular weight is 267 g/mol. The molecule has 0 radical (unpaired) electrons. The third-order valence-corrected chi connectivity index (χ3v) is 2.31. The standard InChI is InChI=1S/C14H21NO4/c1-4-6-11(9-12(19-3)10-18-2)13(16)7-5-8-14(15)17/h4,6,9H,1,5,7-8,10H2,2-3H3,(H2,15,17)/b11-6+,12-9+. The van der Waals surface area contributed by atoms with Crippen LogP contribution in [0.4, 0.5) is 0 Å². The van der Waals surface area contributed by atoms with Gasteiger partial charge in [0.25, 0.3) is 0 Å². The fourth-order valence-corrected chi connectivity index (χ4v) is 1.39. The summed E-state index contributed by atoms with van der Waals surface area (Å²) in [5.74, 6) is 0.0419. The van der Waals surface area contributed by atoms with Crippen molar-refractivity contribution in [3.8, 4) is 0 Å². The van der Waals surface area contributed by atoms with Crippen LogP contribution in [0.3, 0.4) is 0 Å². The molecule has 0 unspecified atom stereocenters. The summed E-state index contributed by atoms with van der Waals surface area (Å²) in [6, 6.07) is 0. The highest BCUT2D eigenvalue weighted by Crippen LogP contribution is 2.10. The first kappa shape index (κ1) is 17.1. The van der Waals surface area contributed by atoms with E-state index in [1.165, 1.54) is 13.2 Å². The van der Waals surface area contributed by atoms with E-state index in [-0.39, 0.29) is 25.2 Å². The number of rotatable bonds is 10. The zero-order valence-corrected chi connectivity index (χ0v) is 11.5. The number of Topliss-reactive ketones (excluding diaryl/α,β-unsaturated/α-hetero) is 1. The molecule has 5 heteroatoms. The summed E-state index contributed by atoms with van der Waals surface area (Å²) in [6.07, 6.45) is 5.62. The Balaban J connectivity index is 4.72. The molecule has 0 aliphatic rings. The van der Waals surface area contributed by atoms with Crippen molar-refractivity contribution < 1.29 is 19.1 Å². The van der Waals surface area contributed by atoms with E-state index in [1.807, 2.05) is 0 Å². The molecule has 0 atom stereocenters. The molecule has 0 spiro atoms. The van der Waals surface area contributed by atoms with Crippen LogP contribution < -0.4 is 5.73 Å². The quantitative estimate of drug-likeness (QED) is 0.369. The van der Waals surface area contributed by atoms with E-state index in [0.717, 1.165) is 0 Å². The lowest BCUT2D eigenvalue weighted by Crippen LogP contribution is -2.11. The number of hydrogen-bond donors (Lipinski definition) is 1. The Hall–Kier alpha value is -1.88. The van der Waals surface area contributed by atoms with Crippen LogP contribution in [0.1, 0.15) is 19.3 Å². The van der Waals surface area contributed by atoms with Crippen molar-refractivity contribution in [3.63, 3.8) is 0 Å². The maximum Gasteiger partial charge on any atom is 0.217 e. The Labute approximate surface area is 113 Å². The van der Waals surface area contributed by atoms with Crippen LogP contribution in [0, 0.1) is 0 Å². The second-order valence-corrected chi connectivity index (χ2v) is 3.85. The van der Waals surface area contributed by atoms with Crippen LogP contribution in [0.15, 0.2) is 36.1 Å². The van der Waals surface area contributed by atoms with Crippen LogP contribution in [-0.2, 0) is 19.1 Å². The van der Waals surface area contributed by atoms with E-state index in [1.54, 1.807) is 19.3 Å². The third kappa shape index (κ3) is 7.94. The third-order valence-electron chi connectivity index (χ3n) is 2.31. The van der Waals surface area contributed by atoms with Crippen molar-refractivity contribution >= 4 is 11.7 Å². The average Bonchev–Trinajstić information content (AvgIpc) is 2.36. The summed E-state index contributed by atoms with van der Waals surface area (Å²) >= 11 is 0. The fourth-order valence-electron chi connectivity index (χ4n) is 1.39.